The first-order valence-corrected chi connectivity index (χ1v) is 12.1. The maximum absolute atomic E-state index is 12.5. The van der Waals surface area contributed by atoms with Crippen molar-refractivity contribution in [2.75, 3.05) is 25.4 Å². The van der Waals surface area contributed by atoms with Crippen LogP contribution < -0.4 is 10.6 Å². The zero-order valence-electron chi connectivity index (χ0n) is 18.0. The van der Waals surface area contributed by atoms with Gasteiger partial charge in [0.25, 0.3) is 0 Å². The van der Waals surface area contributed by atoms with Crippen molar-refractivity contribution in [2.45, 2.75) is 32.7 Å². The number of primary amides is 1. The Kier molecular flexibility index (Phi) is 7.30. The van der Waals surface area contributed by atoms with Gasteiger partial charge in [-0.25, -0.2) is 8.42 Å². The maximum Gasteiger partial charge on any atom is 0.238 e. The minimum absolute atomic E-state index is 0.0177. The van der Waals surface area contributed by atoms with Crippen LogP contribution in [0.15, 0.2) is 42.5 Å². The van der Waals surface area contributed by atoms with Crippen LogP contribution in [0.1, 0.15) is 38.3 Å². The number of hydrogen-bond donors (Lipinski definition) is 2. The first kappa shape index (κ1) is 23.2. The van der Waals surface area contributed by atoms with Gasteiger partial charge in [-0.15, -0.1) is 4.83 Å². The van der Waals surface area contributed by atoms with Gasteiger partial charge in [0.2, 0.25) is 21.8 Å². The van der Waals surface area contributed by atoms with E-state index in [9.17, 15) is 18.0 Å². The fourth-order valence-electron chi connectivity index (χ4n) is 4.20. The number of hydrazine groups is 1. The molecule has 0 aliphatic carbocycles. The van der Waals surface area contributed by atoms with Crippen molar-refractivity contribution < 1.29 is 18.0 Å². The first-order chi connectivity index (χ1) is 14.7. The highest BCUT2D eigenvalue weighted by Crippen LogP contribution is 2.31. The van der Waals surface area contributed by atoms with Gasteiger partial charge in [0, 0.05) is 13.0 Å². The number of nitrogens with zero attached hydrogens (tertiary/aromatic N) is 2. The lowest BCUT2D eigenvalue weighted by Crippen LogP contribution is -2.50. The number of rotatable bonds is 8. The zero-order chi connectivity index (χ0) is 22.6. The number of nitrogens with two attached hydrogens (primary N) is 1. The lowest BCUT2D eigenvalue weighted by atomic mass is 9.94. The van der Waals surface area contributed by atoms with Gasteiger partial charge in [0.05, 0.1) is 5.75 Å². The van der Waals surface area contributed by atoms with Crippen molar-refractivity contribution in [1.82, 2.24) is 14.7 Å². The van der Waals surface area contributed by atoms with E-state index in [1.54, 1.807) is 0 Å². The van der Waals surface area contributed by atoms with Crippen LogP contribution in [0.5, 0.6) is 0 Å². The fourth-order valence-corrected chi connectivity index (χ4v) is 5.75. The molecular weight excluding hydrogens is 416 g/mol. The Labute approximate surface area is 183 Å². The number of hydrogen-bond acceptors (Lipinski definition) is 5. The summed E-state index contributed by atoms with van der Waals surface area (Å²) in [5, 5.41) is 3.20. The van der Waals surface area contributed by atoms with Gasteiger partial charge in [0.1, 0.15) is 6.54 Å². The van der Waals surface area contributed by atoms with Crippen molar-refractivity contribution in [1.29, 1.82) is 0 Å². The lowest BCUT2D eigenvalue weighted by Gasteiger charge is -2.36. The number of sulfonamides is 1. The smallest absolute Gasteiger partial charge is 0.238 e. The number of carbonyl (C=O) groups is 2. The second-order valence-corrected chi connectivity index (χ2v) is 9.91. The molecule has 1 atom stereocenters. The molecule has 0 spiro atoms. The van der Waals surface area contributed by atoms with Gasteiger partial charge >= 0.3 is 0 Å². The highest BCUT2D eigenvalue weighted by molar-refractivity contribution is 7.89. The van der Waals surface area contributed by atoms with E-state index >= 15 is 0 Å². The molecule has 168 valence electrons. The summed E-state index contributed by atoms with van der Waals surface area (Å²) in [6.45, 7) is 4.47. The van der Waals surface area contributed by atoms with Crippen LogP contribution in [0.3, 0.4) is 0 Å². The summed E-state index contributed by atoms with van der Waals surface area (Å²) in [6.07, 6.45) is 1.48. The van der Waals surface area contributed by atoms with Crippen LogP contribution in [0, 0.1) is 5.92 Å². The normalized spacial score (nSPS) is 16.8. The minimum atomic E-state index is -3.76. The SMILES string of the molecule is CC(=O)N(CC(N)=O)NS(=O)(=O)CC1CCN(C(C)c2cccc3ccccc23)CC1. The number of benzene rings is 2. The van der Waals surface area contributed by atoms with E-state index in [4.69, 9.17) is 5.73 Å². The van der Waals surface area contributed by atoms with Crippen molar-refractivity contribution >= 4 is 32.6 Å². The summed E-state index contributed by atoms with van der Waals surface area (Å²) in [7, 11) is -3.76. The Balaban J connectivity index is 1.60. The molecule has 1 aliphatic heterocycles. The third-order valence-corrected chi connectivity index (χ3v) is 7.28. The highest BCUT2D eigenvalue weighted by Gasteiger charge is 2.29. The highest BCUT2D eigenvalue weighted by atomic mass is 32.2. The summed E-state index contributed by atoms with van der Waals surface area (Å²) in [5.41, 5.74) is 6.36. The van der Waals surface area contributed by atoms with Crippen LogP contribution in [-0.2, 0) is 19.6 Å². The predicted octanol–water partition coefficient (Wildman–Crippen LogP) is 1.78. The summed E-state index contributed by atoms with van der Waals surface area (Å²) in [6, 6.07) is 14.9. The Morgan fingerprint density at radius 1 is 1.16 bits per heavy atom. The molecule has 2 amide bonds. The molecular formula is C22H30N4O4S. The van der Waals surface area contributed by atoms with E-state index in [2.05, 4.69) is 47.0 Å². The van der Waals surface area contributed by atoms with E-state index in [0.717, 1.165) is 30.9 Å². The Hall–Kier alpha value is -2.49. The quantitative estimate of drug-likeness (QED) is 0.600. The topological polar surface area (TPSA) is 113 Å². The molecule has 0 radical (unpaired) electrons. The monoisotopic (exact) mass is 446 g/mol. The Morgan fingerprint density at radius 2 is 1.81 bits per heavy atom. The van der Waals surface area contributed by atoms with Crippen LogP contribution in [0.25, 0.3) is 10.8 Å². The van der Waals surface area contributed by atoms with Crippen LogP contribution in [0.4, 0.5) is 0 Å². The molecule has 1 aliphatic rings. The van der Waals surface area contributed by atoms with Crippen molar-refractivity contribution in [3.8, 4) is 0 Å². The predicted molar refractivity (Wildman–Crippen MR) is 120 cm³/mol. The molecule has 1 saturated heterocycles. The number of fused-ring (bicyclic) bond motifs is 1. The molecule has 0 aromatic heterocycles. The largest absolute Gasteiger partial charge is 0.368 e. The summed E-state index contributed by atoms with van der Waals surface area (Å²) >= 11 is 0. The fraction of sp³-hybridized carbons (Fsp3) is 0.455. The van der Waals surface area contributed by atoms with Gasteiger partial charge < -0.3 is 5.73 Å². The zero-order valence-corrected chi connectivity index (χ0v) is 18.8. The van der Waals surface area contributed by atoms with Crippen LogP contribution in [0.2, 0.25) is 0 Å². The van der Waals surface area contributed by atoms with Crippen molar-refractivity contribution in [2.24, 2.45) is 11.7 Å². The number of piperidine rings is 1. The second-order valence-electron chi connectivity index (χ2n) is 8.17. The average Bonchev–Trinajstić information content (AvgIpc) is 2.72. The molecule has 3 rings (SSSR count). The lowest BCUT2D eigenvalue weighted by molar-refractivity contribution is -0.134. The van der Waals surface area contributed by atoms with Gasteiger partial charge in [-0.1, -0.05) is 42.5 Å². The molecule has 8 nitrogen and oxygen atoms in total. The summed E-state index contributed by atoms with van der Waals surface area (Å²) < 4.78 is 25.0. The van der Waals surface area contributed by atoms with Gasteiger partial charge in [-0.05, 0) is 55.1 Å². The standard InChI is InChI=1S/C22H30N4O4S/c1-16(20-9-5-7-19-6-3-4-8-21(19)20)25-12-10-18(11-13-25)15-31(29,30)24-26(17(2)27)14-22(23)28/h3-9,16,18,24H,10-15H2,1-2H3,(H2,23,28). The van der Waals surface area contributed by atoms with E-state index in [1.165, 1.54) is 23.3 Å². The van der Waals surface area contributed by atoms with Crippen LogP contribution in [-0.4, -0.2) is 55.5 Å². The number of nitrogens with one attached hydrogen (secondary N) is 1. The second kappa shape index (κ2) is 9.76. The number of amides is 2. The molecule has 0 saturated carbocycles. The van der Waals surface area contributed by atoms with Gasteiger partial charge in [-0.2, -0.15) is 0 Å². The minimum Gasteiger partial charge on any atom is -0.368 e. The summed E-state index contributed by atoms with van der Waals surface area (Å²) in [4.78, 5) is 27.2. The van der Waals surface area contributed by atoms with Gasteiger partial charge in [0.15, 0.2) is 0 Å². The average molecular weight is 447 g/mol. The first-order valence-electron chi connectivity index (χ1n) is 10.4. The molecule has 1 unspecified atom stereocenters. The molecule has 0 bridgehead atoms. The van der Waals surface area contributed by atoms with Crippen molar-refractivity contribution in [3.63, 3.8) is 0 Å². The molecule has 2 aromatic rings. The van der Waals surface area contributed by atoms with Crippen LogP contribution >= 0.6 is 0 Å². The maximum atomic E-state index is 12.5. The molecule has 31 heavy (non-hydrogen) atoms. The van der Waals surface area contributed by atoms with E-state index < -0.39 is 28.4 Å². The van der Waals surface area contributed by atoms with E-state index in [0.29, 0.717) is 0 Å². The number of likely N-dealkylation sites (tertiary alicyclic amines) is 1. The molecule has 1 fully saturated rings. The third kappa shape index (κ3) is 6.03. The van der Waals surface area contributed by atoms with E-state index in [1.807, 2.05) is 12.1 Å². The molecule has 9 heteroatoms. The number of carbonyl (C=O) groups excluding carboxylic acids is 2. The summed E-state index contributed by atoms with van der Waals surface area (Å²) in [5.74, 6) is -1.47. The van der Waals surface area contributed by atoms with E-state index in [-0.39, 0.29) is 17.7 Å². The Bertz CT molecular complexity index is 1040. The van der Waals surface area contributed by atoms with Gasteiger partial charge in [-0.3, -0.25) is 19.5 Å². The third-order valence-electron chi connectivity index (χ3n) is 5.87. The Morgan fingerprint density at radius 3 is 2.45 bits per heavy atom. The molecule has 3 N–H and O–H groups in total. The molecule has 1 heterocycles. The molecule has 2 aromatic carbocycles. The van der Waals surface area contributed by atoms with Crippen molar-refractivity contribution in [3.05, 3.63) is 48.0 Å².